The summed E-state index contributed by atoms with van der Waals surface area (Å²) < 4.78 is 0.928. The van der Waals surface area contributed by atoms with Crippen molar-refractivity contribution in [3.05, 3.63) is 89.9 Å². The highest BCUT2D eigenvalue weighted by Gasteiger charge is 2.16. The third kappa shape index (κ3) is 4.12. The zero-order valence-electron chi connectivity index (χ0n) is 14.3. The lowest BCUT2D eigenvalue weighted by atomic mass is 10.1. The number of aliphatic hydroxyl groups is 1. The lowest BCUT2D eigenvalue weighted by Crippen LogP contribution is -2.04. The Morgan fingerprint density at radius 2 is 1.63 bits per heavy atom. The molecule has 0 bridgehead atoms. The molecule has 3 rings (SSSR count). The van der Waals surface area contributed by atoms with E-state index in [-0.39, 0.29) is 23.2 Å². The predicted molar refractivity (Wildman–Crippen MR) is 110 cm³/mol. The van der Waals surface area contributed by atoms with Gasteiger partial charge in [-0.2, -0.15) is 0 Å². The summed E-state index contributed by atoms with van der Waals surface area (Å²) >= 11 is 3.40. The van der Waals surface area contributed by atoms with Crippen LogP contribution in [-0.2, 0) is 0 Å². The Morgan fingerprint density at radius 3 is 2.26 bits per heavy atom. The second-order valence-corrected chi connectivity index (χ2v) is 6.51. The SMILES string of the molecule is C=C/C=C(\C(=C)O)c1nc(-c2ccc(Br)cc2)nc(-c2ccccc2O)n1. The number of aromatic nitrogens is 3. The van der Waals surface area contributed by atoms with Crippen LogP contribution >= 0.6 is 15.9 Å². The number of phenolic OH excluding ortho intramolecular Hbond substituents is 1. The van der Waals surface area contributed by atoms with Crippen molar-refractivity contribution in [1.82, 2.24) is 15.0 Å². The smallest absolute Gasteiger partial charge is 0.167 e. The van der Waals surface area contributed by atoms with Crippen LogP contribution in [0, 0.1) is 0 Å². The lowest BCUT2D eigenvalue weighted by molar-refractivity contribution is 0.440. The van der Waals surface area contributed by atoms with Crippen LogP contribution < -0.4 is 0 Å². The first kappa shape index (κ1) is 18.5. The molecule has 27 heavy (non-hydrogen) atoms. The Morgan fingerprint density at radius 1 is 0.963 bits per heavy atom. The molecule has 134 valence electrons. The van der Waals surface area contributed by atoms with E-state index in [4.69, 9.17) is 0 Å². The van der Waals surface area contributed by atoms with Gasteiger partial charge in [-0.1, -0.05) is 59.4 Å². The molecule has 2 N–H and O–H groups in total. The van der Waals surface area contributed by atoms with Gasteiger partial charge in [-0.05, 0) is 30.3 Å². The van der Waals surface area contributed by atoms with E-state index in [0.717, 1.165) is 10.0 Å². The number of halogens is 1. The maximum absolute atomic E-state index is 10.2. The van der Waals surface area contributed by atoms with Crippen LogP contribution in [0.3, 0.4) is 0 Å². The van der Waals surface area contributed by atoms with Gasteiger partial charge in [-0.15, -0.1) is 0 Å². The number of rotatable bonds is 5. The lowest BCUT2D eigenvalue weighted by Gasteiger charge is -2.10. The standard InChI is InChI=1S/C21H16BrN3O2/c1-3-6-16(13(2)26)20-23-19(14-9-11-15(22)12-10-14)24-21(25-20)17-7-4-5-8-18(17)27/h3-12,26-27H,1-2H2/b16-6+. The van der Waals surface area contributed by atoms with E-state index >= 15 is 0 Å². The second-order valence-electron chi connectivity index (χ2n) is 5.59. The van der Waals surface area contributed by atoms with Crippen molar-refractivity contribution in [3.8, 4) is 28.5 Å². The molecule has 1 heterocycles. The molecule has 0 atom stereocenters. The minimum Gasteiger partial charge on any atom is -0.508 e. The molecule has 0 amide bonds. The van der Waals surface area contributed by atoms with Gasteiger partial charge in [0.25, 0.3) is 0 Å². The molecular weight excluding hydrogens is 406 g/mol. The number of phenols is 1. The molecule has 0 fully saturated rings. The fourth-order valence-electron chi connectivity index (χ4n) is 2.43. The molecule has 0 aliphatic rings. The topological polar surface area (TPSA) is 79.1 Å². The normalized spacial score (nSPS) is 11.2. The Bertz CT molecular complexity index is 1040. The maximum Gasteiger partial charge on any atom is 0.167 e. The average molecular weight is 422 g/mol. The van der Waals surface area contributed by atoms with Gasteiger partial charge >= 0.3 is 0 Å². The van der Waals surface area contributed by atoms with Gasteiger partial charge in [-0.3, -0.25) is 0 Å². The molecular formula is C21H16BrN3O2. The Hall–Kier alpha value is -3.25. The highest BCUT2D eigenvalue weighted by atomic mass is 79.9. The van der Waals surface area contributed by atoms with Gasteiger partial charge in [0.15, 0.2) is 17.5 Å². The third-order valence-electron chi connectivity index (χ3n) is 3.72. The summed E-state index contributed by atoms with van der Waals surface area (Å²) in [6, 6.07) is 14.3. The highest BCUT2D eigenvalue weighted by molar-refractivity contribution is 9.10. The van der Waals surface area contributed by atoms with Crippen LogP contribution in [-0.4, -0.2) is 25.2 Å². The quantitative estimate of drug-likeness (QED) is 0.430. The molecule has 2 aromatic carbocycles. The summed E-state index contributed by atoms with van der Waals surface area (Å²) in [4.78, 5) is 13.4. The van der Waals surface area contributed by atoms with Gasteiger partial charge in [0.05, 0.1) is 11.1 Å². The van der Waals surface area contributed by atoms with Gasteiger partial charge in [-0.25, -0.2) is 15.0 Å². The van der Waals surface area contributed by atoms with E-state index < -0.39 is 0 Å². The second kappa shape index (κ2) is 7.97. The van der Waals surface area contributed by atoms with Crippen LogP contribution in [0.5, 0.6) is 5.75 Å². The van der Waals surface area contributed by atoms with Crippen molar-refractivity contribution in [2.45, 2.75) is 0 Å². The molecule has 6 heteroatoms. The van der Waals surface area contributed by atoms with Gasteiger partial charge < -0.3 is 10.2 Å². The molecule has 0 aliphatic carbocycles. The minimum atomic E-state index is -0.189. The molecule has 1 aromatic heterocycles. The summed E-state index contributed by atoms with van der Waals surface area (Å²) in [5, 5.41) is 20.1. The Labute approximate surface area is 165 Å². The molecule has 0 aliphatic heterocycles. The van der Waals surface area contributed by atoms with Crippen LogP contribution in [0.1, 0.15) is 5.82 Å². The number of nitrogens with zero attached hydrogens (tertiary/aromatic N) is 3. The van der Waals surface area contributed by atoms with Crippen LogP contribution in [0.15, 0.2) is 84.1 Å². The van der Waals surface area contributed by atoms with Crippen molar-refractivity contribution in [2.24, 2.45) is 0 Å². The maximum atomic E-state index is 10.2. The van der Waals surface area contributed by atoms with E-state index in [1.807, 2.05) is 24.3 Å². The molecule has 3 aromatic rings. The summed E-state index contributed by atoms with van der Waals surface area (Å²) in [7, 11) is 0. The van der Waals surface area contributed by atoms with E-state index in [1.165, 1.54) is 6.08 Å². The first-order valence-corrected chi connectivity index (χ1v) is 8.80. The average Bonchev–Trinajstić information content (AvgIpc) is 2.66. The number of benzene rings is 2. The van der Waals surface area contributed by atoms with E-state index in [2.05, 4.69) is 44.0 Å². The molecule has 0 radical (unpaired) electrons. The number of aromatic hydroxyl groups is 1. The van der Waals surface area contributed by atoms with Crippen molar-refractivity contribution in [3.63, 3.8) is 0 Å². The fourth-order valence-corrected chi connectivity index (χ4v) is 2.69. The zero-order chi connectivity index (χ0) is 19.4. The van der Waals surface area contributed by atoms with Crippen LogP contribution in [0.4, 0.5) is 0 Å². The van der Waals surface area contributed by atoms with Gasteiger partial charge in [0.2, 0.25) is 0 Å². The van der Waals surface area contributed by atoms with Crippen LogP contribution in [0.25, 0.3) is 28.3 Å². The van der Waals surface area contributed by atoms with Crippen LogP contribution in [0.2, 0.25) is 0 Å². The monoisotopic (exact) mass is 421 g/mol. The molecule has 5 nitrogen and oxygen atoms in total. The Balaban J connectivity index is 2.26. The van der Waals surface area contributed by atoms with Gasteiger partial charge in [0.1, 0.15) is 11.5 Å². The minimum absolute atomic E-state index is 0.0495. The molecule has 0 saturated carbocycles. The summed E-state index contributed by atoms with van der Waals surface area (Å²) in [5.41, 5.74) is 1.54. The predicted octanol–water partition coefficient (Wildman–Crippen LogP) is 5.31. The molecule has 0 unspecified atom stereocenters. The largest absolute Gasteiger partial charge is 0.508 e. The first-order valence-electron chi connectivity index (χ1n) is 8.01. The molecule has 0 spiro atoms. The van der Waals surface area contributed by atoms with Crippen molar-refractivity contribution in [1.29, 1.82) is 0 Å². The van der Waals surface area contributed by atoms with Crippen molar-refractivity contribution >= 4 is 21.5 Å². The van der Waals surface area contributed by atoms with Crippen molar-refractivity contribution in [2.75, 3.05) is 0 Å². The summed E-state index contributed by atoms with van der Waals surface area (Å²) in [6.07, 6.45) is 3.08. The first-order chi connectivity index (χ1) is 13.0. The summed E-state index contributed by atoms with van der Waals surface area (Å²) in [5.74, 6) is 0.780. The highest BCUT2D eigenvalue weighted by Crippen LogP contribution is 2.29. The number of para-hydroxylation sites is 1. The van der Waals surface area contributed by atoms with E-state index in [1.54, 1.807) is 30.3 Å². The number of aliphatic hydroxyl groups excluding tert-OH is 1. The number of hydrogen-bond acceptors (Lipinski definition) is 5. The Kier molecular flexibility index (Phi) is 5.47. The molecule has 0 saturated heterocycles. The summed E-state index contributed by atoms with van der Waals surface area (Å²) in [6.45, 7) is 7.22. The fraction of sp³-hybridized carbons (Fsp3) is 0. The zero-order valence-corrected chi connectivity index (χ0v) is 15.9. The van der Waals surface area contributed by atoms with Crippen molar-refractivity contribution < 1.29 is 10.2 Å². The van der Waals surface area contributed by atoms with Gasteiger partial charge in [0, 0.05) is 10.0 Å². The van der Waals surface area contributed by atoms with E-state index in [0.29, 0.717) is 17.0 Å². The number of allylic oxidation sites excluding steroid dienone is 3. The number of hydrogen-bond donors (Lipinski definition) is 2. The third-order valence-corrected chi connectivity index (χ3v) is 4.25. The van der Waals surface area contributed by atoms with E-state index in [9.17, 15) is 10.2 Å².